The monoisotopic (exact) mass is 683 g/mol. The quantitative estimate of drug-likeness (QED) is 0.0532. The molecule has 15 nitrogen and oxygen atoms in total. The molecule has 0 bridgehead atoms. The fourth-order valence-electron chi connectivity index (χ4n) is 5.40. The number of ether oxygens (including phenoxy) is 1. The zero-order chi connectivity index (χ0) is 35.3. The molecule has 49 heavy (non-hydrogen) atoms. The third-order valence-corrected chi connectivity index (χ3v) is 8.02. The van der Waals surface area contributed by atoms with Gasteiger partial charge in [0.05, 0.1) is 19.8 Å². The lowest BCUT2D eigenvalue weighted by Gasteiger charge is -2.22. The fourth-order valence-corrected chi connectivity index (χ4v) is 5.40. The van der Waals surface area contributed by atoms with E-state index in [-0.39, 0.29) is 75.5 Å². The second kappa shape index (κ2) is 22.1. The van der Waals surface area contributed by atoms with Gasteiger partial charge in [0, 0.05) is 50.7 Å². The number of hydrogen-bond donors (Lipinski definition) is 6. The highest BCUT2D eigenvalue weighted by molar-refractivity contribution is 6.12. The summed E-state index contributed by atoms with van der Waals surface area (Å²) in [4.78, 5) is 86.2. The van der Waals surface area contributed by atoms with Crippen LogP contribution in [0, 0.1) is 0 Å². The van der Waals surface area contributed by atoms with Crippen LogP contribution in [-0.2, 0) is 44.7 Å². The normalized spacial score (nSPS) is 15.1. The maximum absolute atomic E-state index is 13.0. The highest BCUT2D eigenvalue weighted by atomic mass is 16.5. The van der Waals surface area contributed by atoms with Crippen LogP contribution in [0.25, 0.3) is 0 Å². The molecule has 1 aromatic carbocycles. The lowest BCUT2D eigenvalue weighted by Crippen LogP contribution is -2.51. The molecule has 3 rings (SSSR count). The van der Waals surface area contributed by atoms with Crippen LogP contribution in [0.1, 0.15) is 63.4 Å². The standard InChI is InChI=1S/C34H49N7O8/c42-28(14-8-3-9-19-41-32(46)15-16-33(41)47)37-21-29(43)38-22-30(44)40-27(20-25-10-4-1-5-11-25)34(48)36-18-17-35-24-49-23-31(45)39-26-12-6-2-7-13-26/h1,4-5,10-11,15-16,26-27,35H,2-3,6-9,12-14,17-24H2,(H,36,48)(H,37,42)(H,38,43)(H,39,45)(H,40,44)/t27-/m0/s1. The molecular formula is C34H49N7O8. The number of imide groups is 1. The topological polar surface area (TPSA) is 204 Å². The number of nitrogens with zero attached hydrogens (tertiary/aromatic N) is 1. The largest absolute Gasteiger partial charge is 0.356 e. The Balaban J connectivity index is 1.28. The second-order valence-corrected chi connectivity index (χ2v) is 12.0. The van der Waals surface area contributed by atoms with Gasteiger partial charge in [-0.1, -0.05) is 56.0 Å². The van der Waals surface area contributed by atoms with Crippen molar-refractivity contribution in [2.45, 2.75) is 76.3 Å². The molecule has 1 aliphatic heterocycles. The van der Waals surface area contributed by atoms with Crippen molar-refractivity contribution < 1.29 is 38.3 Å². The van der Waals surface area contributed by atoms with E-state index >= 15 is 0 Å². The van der Waals surface area contributed by atoms with Gasteiger partial charge in [0.15, 0.2) is 0 Å². The Morgan fingerprint density at radius 3 is 2.20 bits per heavy atom. The maximum atomic E-state index is 13.0. The van der Waals surface area contributed by atoms with Gasteiger partial charge in [-0.25, -0.2) is 0 Å². The zero-order valence-electron chi connectivity index (χ0n) is 27.9. The predicted octanol–water partition coefficient (Wildman–Crippen LogP) is -0.439. The van der Waals surface area contributed by atoms with E-state index in [0.29, 0.717) is 32.4 Å². The van der Waals surface area contributed by atoms with Crippen molar-refractivity contribution in [1.82, 2.24) is 36.8 Å². The molecule has 1 atom stereocenters. The molecule has 0 saturated heterocycles. The Morgan fingerprint density at radius 2 is 1.47 bits per heavy atom. The van der Waals surface area contributed by atoms with Gasteiger partial charge in [-0.2, -0.15) is 0 Å². The van der Waals surface area contributed by atoms with E-state index in [1.807, 2.05) is 30.3 Å². The van der Waals surface area contributed by atoms with Crippen molar-refractivity contribution in [1.29, 1.82) is 0 Å². The Labute approximate surface area is 286 Å². The van der Waals surface area contributed by atoms with Crippen molar-refractivity contribution in [2.75, 3.05) is 46.1 Å². The minimum atomic E-state index is -0.899. The van der Waals surface area contributed by atoms with E-state index in [2.05, 4.69) is 31.9 Å². The van der Waals surface area contributed by atoms with Crippen LogP contribution in [-0.4, -0.2) is 104 Å². The third kappa shape index (κ3) is 15.9. The molecule has 0 radical (unpaired) electrons. The van der Waals surface area contributed by atoms with E-state index in [9.17, 15) is 33.6 Å². The molecule has 7 amide bonds. The van der Waals surface area contributed by atoms with Crippen LogP contribution in [0.4, 0.5) is 0 Å². The van der Waals surface area contributed by atoms with E-state index in [0.717, 1.165) is 36.1 Å². The van der Waals surface area contributed by atoms with Gasteiger partial charge >= 0.3 is 0 Å². The summed E-state index contributed by atoms with van der Waals surface area (Å²) < 4.78 is 5.38. The van der Waals surface area contributed by atoms with Crippen molar-refractivity contribution in [3.63, 3.8) is 0 Å². The summed E-state index contributed by atoms with van der Waals surface area (Å²) in [5.41, 5.74) is 0.836. The summed E-state index contributed by atoms with van der Waals surface area (Å²) >= 11 is 0. The van der Waals surface area contributed by atoms with E-state index in [4.69, 9.17) is 4.74 Å². The molecule has 1 saturated carbocycles. The second-order valence-electron chi connectivity index (χ2n) is 12.0. The number of amides is 7. The molecule has 0 spiro atoms. The molecule has 2 aliphatic rings. The molecule has 0 aromatic heterocycles. The molecule has 1 aliphatic carbocycles. The zero-order valence-corrected chi connectivity index (χ0v) is 27.9. The number of rotatable bonds is 22. The summed E-state index contributed by atoms with van der Waals surface area (Å²) in [7, 11) is 0. The minimum Gasteiger partial charge on any atom is -0.356 e. The van der Waals surface area contributed by atoms with E-state index < -0.39 is 23.8 Å². The van der Waals surface area contributed by atoms with Gasteiger partial charge in [-0.15, -0.1) is 0 Å². The molecule has 1 heterocycles. The average Bonchev–Trinajstić information content (AvgIpc) is 3.42. The van der Waals surface area contributed by atoms with E-state index in [1.54, 1.807) is 0 Å². The molecule has 1 aromatic rings. The van der Waals surface area contributed by atoms with Crippen LogP contribution < -0.4 is 31.9 Å². The smallest absolute Gasteiger partial charge is 0.253 e. The minimum absolute atomic E-state index is 0.0446. The van der Waals surface area contributed by atoms with Crippen LogP contribution in [0.5, 0.6) is 0 Å². The summed E-state index contributed by atoms with van der Waals surface area (Å²) in [5.74, 6) is -2.69. The first-order chi connectivity index (χ1) is 23.7. The SMILES string of the molecule is O=C(CCCCCN1C(=O)C=CC1=O)NCC(=O)NCC(=O)N[C@@H](Cc1ccccc1)C(=O)NCCNCOCC(=O)NC1CCCCC1. The molecule has 1 fully saturated rings. The summed E-state index contributed by atoms with van der Waals surface area (Å²) in [6.07, 6.45) is 10.1. The Morgan fingerprint density at radius 1 is 0.776 bits per heavy atom. The summed E-state index contributed by atoms with van der Waals surface area (Å²) in [6, 6.07) is 8.51. The molecular weight excluding hydrogens is 634 g/mol. The molecule has 15 heteroatoms. The lowest BCUT2D eigenvalue weighted by atomic mass is 9.95. The summed E-state index contributed by atoms with van der Waals surface area (Å²) in [6.45, 7) is 0.317. The van der Waals surface area contributed by atoms with Gasteiger partial charge in [0.1, 0.15) is 12.6 Å². The fraction of sp³-hybridized carbons (Fsp3) is 0.559. The number of carbonyl (C=O) groups excluding carboxylic acids is 7. The first kappa shape index (κ1) is 38.8. The van der Waals surface area contributed by atoms with Gasteiger partial charge in [-0.3, -0.25) is 43.8 Å². The Bertz CT molecular complexity index is 1280. The number of hydrogen-bond acceptors (Lipinski definition) is 9. The third-order valence-electron chi connectivity index (χ3n) is 8.02. The molecule has 0 unspecified atom stereocenters. The van der Waals surface area contributed by atoms with Crippen LogP contribution in [0.2, 0.25) is 0 Å². The van der Waals surface area contributed by atoms with Crippen molar-refractivity contribution >= 4 is 41.4 Å². The Kier molecular flexibility index (Phi) is 17.5. The van der Waals surface area contributed by atoms with Crippen molar-refractivity contribution in [3.8, 4) is 0 Å². The first-order valence-electron chi connectivity index (χ1n) is 17.0. The predicted molar refractivity (Wildman–Crippen MR) is 179 cm³/mol. The van der Waals surface area contributed by atoms with Gasteiger partial charge < -0.3 is 31.3 Å². The molecule has 6 N–H and O–H groups in total. The number of benzene rings is 1. The number of nitrogens with one attached hydrogen (secondary N) is 6. The van der Waals surface area contributed by atoms with Crippen LogP contribution >= 0.6 is 0 Å². The Hall–Kier alpha value is -4.63. The van der Waals surface area contributed by atoms with E-state index in [1.165, 1.54) is 18.6 Å². The average molecular weight is 684 g/mol. The maximum Gasteiger partial charge on any atom is 0.253 e. The number of carbonyl (C=O) groups is 7. The van der Waals surface area contributed by atoms with Gasteiger partial charge in [-0.05, 0) is 31.2 Å². The first-order valence-corrected chi connectivity index (χ1v) is 17.0. The van der Waals surface area contributed by atoms with Crippen molar-refractivity contribution in [2.24, 2.45) is 0 Å². The summed E-state index contributed by atoms with van der Waals surface area (Å²) in [5, 5.41) is 16.4. The van der Waals surface area contributed by atoms with Gasteiger partial charge in [0.2, 0.25) is 29.5 Å². The highest BCUT2D eigenvalue weighted by Gasteiger charge is 2.23. The van der Waals surface area contributed by atoms with Crippen LogP contribution in [0.15, 0.2) is 42.5 Å². The molecule has 268 valence electrons. The van der Waals surface area contributed by atoms with Gasteiger partial charge in [0.25, 0.3) is 11.8 Å². The van der Waals surface area contributed by atoms with Crippen LogP contribution in [0.3, 0.4) is 0 Å². The van der Waals surface area contributed by atoms with Crippen molar-refractivity contribution in [3.05, 3.63) is 48.0 Å². The lowest BCUT2D eigenvalue weighted by molar-refractivity contribution is -0.137. The number of unbranched alkanes of at least 4 members (excludes halogenated alkanes) is 2. The highest BCUT2D eigenvalue weighted by Crippen LogP contribution is 2.17.